The van der Waals surface area contributed by atoms with E-state index in [4.69, 9.17) is 28.4 Å². The van der Waals surface area contributed by atoms with Crippen LogP contribution in [-0.4, -0.2) is 225 Å². The number of hydrogen-bond donors (Lipinski definition) is 10. The van der Waals surface area contributed by atoms with Gasteiger partial charge in [0.2, 0.25) is 47.2 Å². The minimum Gasteiger partial charge on any atom is -0.491 e. The Morgan fingerprint density at radius 3 is 1.02 bits per heavy atom. The SMILES string of the molecule is CC(C)(COc1ccccc1C1CC1)NC(=O)C1[C@H]2CNC[C@@H]12.CC(C)(COc1ncccc1C1CC1)NC(=O)C1[C@H]2CNC[C@@H]12.Cc1cc(C2CC2)ccc1OCC(C)(C)NC(=O)C1[C@H]2CNC[C@@H]12.Cc1ccccc1OCC(C)(C)NC(=O)C1[C@H]2CN(C(C)C)C[C@@H]12.Cc1ccccc1OCC(C)(C)NC(=O)C1[C@H]2CN(C)C[C@@H]12.Cc1cncnc1OCC(C)(C)NC(=O)C1[C@H]2CNC[C@@H]12. The first-order valence-corrected chi connectivity index (χ1v) is 51.1. The number of nitrogens with zero attached hydrogens (tertiary/aromatic N) is 5. The van der Waals surface area contributed by atoms with E-state index in [2.05, 4.69) is 142 Å². The van der Waals surface area contributed by atoms with Gasteiger partial charge in [-0.3, -0.25) is 28.8 Å². The van der Waals surface area contributed by atoms with Gasteiger partial charge in [-0.25, -0.2) is 15.0 Å². The molecule has 10 N–H and O–H groups in total. The third-order valence-corrected chi connectivity index (χ3v) is 30.8. The summed E-state index contributed by atoms with van der Waals surface area (Å²) in [6, 6.07) is 35.4. The summed E-state index contributed by atoms with van der Waals surface area (Å²) in [7, 11) is 2.13. The molecule has 0 spiro atoms. The summed E-state index contributed by atoms with van der Waals surface area (Å²) >= 11 is 0. The Bertz CT molecular complexity index is 5070. The number of para-hydroxylation sites is 3. The normalized spacial score (nSPS) is 27.9. The van der Waals surface area contributed by atoms with Gasteiger partial charge in [-0.1, -0.05) is 72.8 Å². The summed E-state index contributed by atoms with van der Waals surface area (Å²) < 4.78 is 35.6. The summed E-state index contributed by atoms with van der Waals surface area (Å²) in [5.74, 6) is 16.0. The molecule has 15 aliphatic rings. The number of likely N-dealkylation sites (tertiary alicyclic amines) is 2. The molecule has 6 unspecified atom stereocenters. The number of nitrogens with one attached hydrogen (secondary N) is 10. The molecule has 6 amide bonds. The zero-order valence-corrected chi connectivity index (χ0v) is 84.9. The first-order valence-electron chi connectivity index (χ1n) is 51.1. The first-order chi connectivity index (χ1) is 65.2. The number of ether oxygens (including phenoxy) is 6. The summed E-state index contributed by atoms with van der Waals surface area (Å²) in [5, 5.41) is 32.3. The molecule has 744 valence electrons. The molecule has 2 aromatic heterocycles. The van der Waals surface area contributed by atoms with Crippen LogP contribution in [0.15, 0.2) is 122 Å². The minimum atomic E-state index is -0.418. The van der Waals surface area contributed by atoms with Gasteiger partial charge in [0.05, 0.1) is 33.2 Å². The van der Waals surface area contributed by atoms with Gasteiger partial charge in [-0.15, -0.1) is 0 Å². The predicted octanol–water partition coefficient (Wildman–Crippen LogP) is 12.1. The molecule has 21 rings (SSSR count). The maximum absolute atomic E-state index is 12.6. The van der Waals surface area contributed by atoms with Crippen molar-refractivity contribution < 1.29 is 57.2 Å². The van der Waals surface area contributed by atoms with Gasteiger partial charge in [-0.05, 0) is 369 Å². The van der Waals surface area contributed by atoms with Crippen LogP contribution in [-0.2, 0) is 28.8 Å². The lowest BCUT2D eigenvalue weighted by atomic mass is 10.1. The lowest BCUT2D eigenvalue weighted by molar-refractivity contribution is -0.126. The second kappa shape index (κ2) is 41.7. The molecule has 0 bridgehead atoms. The number of fused-ring (bicyclic) bond motifs is 6. The Labute approximate surface area is 813 Å². The Kier molecular flexibility index (Phi) is 30.6. The molecule has 27 heteroatoms. The number of carbonyl (C=O) groups is 6. The van der Waals surface area contributed by atoms with Crippen molar-refractivity contribution in [2.75, 3.05) is 125 Å². The number of aryl methyl sites for hydroxylation is 4. The fraction of sp³-hybridized carbons (Fsp3) is 0.645. The summed E-state index contributed by atoms with van der Waals surface area (Å²) in [4.78, 5) is 91.8. The molecule has 0 radical (unpaired) electrons. The fourth-order valence-electron chi connectivity index (χ4n) is 22.0. The van der Waals surface area contributed by atoms with Crippen molar-refractivity contribution in [2.45, 2.75) is 220 Å². The van der Waals surface area contributed by atoms with Gasteiger partial charge in [0.1, 0.15) is 69.0 Å². The Hall–Kier alpha value is -9.51. The maximum Gasteiger partial charge on any atom is 0.224 e. The Balaban J connectivity index is 0.000000119. The van der Waals surface area contributed by atoms with Crippen LogP contribution < -0.4 is 81.6 Å². The molecule has 15 fully saturated rings. The van der Waals surface area contributed by atoms with Crippen molar-refractivity contribution in [3.8, 4) is 34.8 Å². The number of aromatic nitrogens is 3. The van der Waals surface area contributed by atoms with Gasteiger partial charge in [0.25, 0.3) is 0 Å². The minimum absolute atomic E-state index is 0.152. The van der Waals surface area contributed by atoms with E-state index in [0.717, 1.165) is 130 Å². The molecular weight excluding hydrogens is 1720 g/mol. The molecule has 6 aliphatic heterocycles. The van der Waals surface area contributed by atoms with Crippen molar-refractivity contribution in [2.24, 2.45) is 107 Å². The van der Waals surface area contributed by atoms with Crippen LogP contribution in [0.2, 0.25) is 0 Å². The highest BCUT2D eigenvalue weighted by Gasteiger charge is 2.63. The highest BCUT2D eigenvalue weighted by Crippen LogP contribution is 2.56. The van der Waals surface area contributed by atoms with E-state index in [1.54, 1.807) is 12.4 Å². The maximum atomic E-state index is 12.6. The van der Waals surface area contributed by atoms with Gasteiger partial charge >= 0.3 is 0 Å². The van der Waals surface area contributed by atoms with Gasteiger partial charge in [-0.2, -0.15) is 0 Å². The van der Waals surface area contributed by atoms with E-state index in [9.17, 15) is 28.8 Å². The van der Waals surface area contributed by atoms with Crippen LogP contribution in [0.1, 0.15) is 192 Å². The predicted molar refractivity (Wildman–Crippen MR) is 532 cm³/mol. The van der Waals surface area contributed by atoms with Crippen molar-refractivity contribution in [3.63, 3.8) is 0 Å². The van der Waals surface area contributed by atoms with Crippen LogP contribution in [0.5, 0.6) is 34.8 Å². The van der Waals surface area contributed by atoms with E-state index in [1.165, 1.54) is 67.1 Å². The summed E-state index contributed by atoms with van der Waals surface area (Å²) in [6.07, 6.45) is 12.6. The lowest BCUT2D eigenvalue weighted by Gasteiger charge is -2.28. The highest BCUT2D eigenvalue weighted by atomic mass is 16.5. The quantitative estimate of drug-likeness (QED) is 0.0179. The topological polar surface area (TPSA) is 323 Å². The number of amides is 6. The average Bonchev–Trinajstić information content (AvgIpc) is 1.57. The van der Waals surface area contributed by atoms with Crippen molar-refractivity contribution in [3.05, 3.63) is 161 Å². The molecule has 4 aromatic carbocycles. The number of carbonyl (C=O) groups excluding carboxylic acids is 6. The second-order valence-electron chi connectivity index (χ2n) is 46.8. The number of hydrogen-bond acceptors (Lipinski definition) is 21. The smallest absolute Gasteiger partial charge is 0.224 e. The number of benzene rings is 4. The van der Waals surface area contributed by atoms with Crippen molar-refractivity contribution in [1.82, 2.24) is 77.9 Å². The standard InChI is InChI=1S/C20H28N2O2.C20H30N2O2.C19H26N2O2.C18H25N3O2.C18H26N2O2.C15H22N4O2/c1-12-8-14(13-4-5-13)6-7-17(12)24-11-20(2,3)22-19(23)18-15-9-21-10-16(15)18;1-13(2)22-10-15-16(11-22)18(15)19(23)21-20(4,5)12-24-17-9-7-6-8-14(17)3;1-19(2,21-18(22)17-14-9-20-10-15(14)17)11-23-16-6-4-3-5-13(16)12-7-8-12;1-18(2,21-16(22)15-13-8-19-9-14(13)15)10-23-17-12(11-5-6-11)4-3-7-20-17;1-12-7-5-6-8-15(12)22-11-18(2,3)19-17(21)16-13-9-20(4)10-14(13)16;1-9-4-17-8-18-14(9)21-7-15(2,3)19-13(20)12-10-5-16-6-11(10)12/h6-8,13,15-16,18,21H,4-5,9-11H2,1-3H3,(H,22,23);6-9,13,15-16,18H,10-12H2,1-5H3,(H,21,23);3-6,12,14-15,17,20H,7-11H2,1-2H3,(H,21,22);3-4,7,11,13-15,19H,5-6,8-10H2,1-2H3,(H,21,22);5-8,13-14,16H,9-11H2,1-4H3,(H,19,21);4,8,10-12,16H,5-7H2,1-3H3,(H,19,20)/t2*15-,16+,18?;14-,15+,17?;13-,14+,15?;13-,14+,16?;10-,11+,12?. The first kappa shape index (κ1) is 100. The van der Waals surface area contributed by atoms with Gasteiger partial charge in [0, 0.05) is 91.2 Å². The second-order valence-corrected chi connectivity index (χ2v) is 46.8. The van der Waals surface area contributed by atoms with Crippen molar-refractivity contribution in [1.29, 1.82) is 0 Å². The largest absolute Gasteiger partial charge is 0.491 e. The van der Waals surface area contributed by atoms with Crippen LogP contribution >= 0.6 is 0 Å². The molecule has 6 saturated heterocycles. The molecular formula is C110H157N15O12. The monoisotopic (exact) mass is 1880 g/mol. The molecule has 18 atom stereocenters. The summed E-state index contributed by atoms with van der Waals surface area (Å²) in [5.41, 5.74) is 6.02. The fourth-order valence-corrected chi connectivity index (χ4v) is 22.0. The van der Waals surface area contributed by atoms with E-state index < -0.39 is 5.54 Å². The van der Waals surface area contributed by atoms with E-state index in [-0.39, 0.29) is 98.6 Å². The van der Waals surface area contributed by atoms with Crippen LogP contribution in [0, 0.1) is 134 Å². The van der Waals surface area contributed by atoms with Gasteiger partial charge < -0.3 is 91.4 Å². The van der Waals surface area contributed by atoms with Crippen molar-refractivity contribution >= 4 is 35.4 Å². The molecule has 9 aliphatic carbocycles. The third-order valence-electron chi connectivity index (χ3n) is 30.8. The van der Waals surface area contributed by atoms with Crippen LogP contribution in [0.25, 0.3) is 0 Å². The molecule has 8 heterocycles. The zero-order valence-electron chi connectivity index (χ0n) is 84.9. The third kappa shape index (κ3) is 26.2. The lowest BCUT2D eigenvalue weighted by Crippen LogP contribution is -2.49. The Morgan fingerprint density at radius 2 is 0.664 bits per heavy atom. The highest BCUT2D eigenvalue weighted by molar-refractivity contribution is 5.86. The van der Waals surface area contributed by atoms with Gasteiger partial charge in [0.15, 0.2) is 0 Å². The average molecular weight is 1880 g/mol. The number of piperidine rings is 6. The zero-order chi connectivity index (χ0) is 97.4. The van der Waals surface area contributed by atoms with E-state index >= 15 is 0 Å². The van der Waals surface area contributed by atoms with E-state index in [1.807, 2.05) is 171 Å². The number of pyridine rings is 1. The van der Waals surface area contributed by atoms with Crippen LogP contribution in [0.3, 0.4) is 0 Å². The number of rotatable bonds is 34. The Morgan fingerprint density at radius 1 is 0.350 bits per heavy atom. The van der Waals surface area contributed by atoms with Crippen LogP contribution in [0.4, 0.5) is 0 Å². The molecule has 9 saturated carbocycles. The molecule has 137 heavy (non-hydrogen) atoms. The molecule has 6 aromatic rings. The van der Waals surface area contributed by atoms with E-state index in [0.29, 0.717) is 134 Å². The molecule has 27 nitrogen and oxygen atoms in total. The summed E-state index contributed by atoms with van der Waals surface area (Å²) in [6.45, 7) is 51.7.